The van der Waals surface area contributed by atoms with Crippen LogP contribution in [-0.4, -0.2) is 19.8 Å². The number of aromatic hydroxyl groups is 1. The molecule has 96 valence electrons. The highest BCUT2D eigenvalue weighted by atomic mass is 16.5. The molecule has 0 saturated heterocycles. The third-order valence-electron chi connectivity index (χ3n) is 2.61. The number of hydrogen-bond donors (Lipinski definition) is 1. The first-order valence-electron chi connectivity index (χ1n) is 5.70. The van der Waals surface area contributed by atoms with Gasteiger partial charge in [-0.15, -0.1) is 0 Å². The molecule has 0 aliphatic carbocycles. The van der Waals surface area contributed by atoms with Crippen molar-refractivity contribution in [1.82, 2.24) is 14.7 Å². The first-order valence-corrected chi connectivity index (χ1v) is 5.70. The summed E-state index contributed by atoms with van der Waals surface area (Å²) < 4.78 is 6.56. The summed E-state index contributed by atoms with van der Waals surface area (Å²) in [5.74, 6) is 1.14. The summed E-state index contributed by atoms with van der Waals surface area (Å²) in [6, 6.07) is 2.67. The van der Waals surface area contributed by atoms with Gasteiger partial charge in [-0.05, 0) is 13.0 Å². The highest BCUT2D eigenvalue weighted by Crippen LogP contribution is 2.12. The van der Waals surface area contributed by atoms with Gasteiger partial charge in [0, 0.05) is 17.7 Å². The van der Waals surface area contributed by atoms with E-state index in [2.05, 4.69) is 10.1 Å². The van der Waals surface area contributed by atoms with Crippen LogP contribution in [0, 0.1) is 6.92 Å². The Morgan fingerprint density at radius 1 is 1.44 bits per heavy atom. The summed E-state index contributed by atoms with van der Waals surface area (Å²) in [5.41, 5.74) is 0.348. The fraction of sp³-hybridized carbons (Fsp3) is 0.417. The number of pyridine rings is 1. The van der Waals surface area contributed by atoms with E-state index in [1.165, 1.54) is 10.6 Å². The third kappa shape index (κ3) is 2.42. The molecular weight excluding hydrogens is 234 g/mol. The lowest BCUT2D eigenvalue weighted by molar-refractivity contribution is 0.361. The van der Waals surface area contributed by atoms with Crippen molar-refractivity contribution in [3.63, 3.8) is 0 Å². The lowest BCUT2D eigenvalue weighted by atomic mass is 10.2. The van der Waals surface area contributed by atoms with Crippen molar-refractivity contribution in [3.05, 3.63) is 39.9 Å². The first-order chi connectivity index (χ1) is 8.47. The molecule has 2 aromatic heterocycles. The van der Waals surface area contributed by atoms with Gasteiger partial charge >= 0.3 is 0 Å². The molecule has 1 N–H and O–H groups in total. The monoisotopic (exact) mass is 249 g/mol. The normalized spacial score (nSPS) is 11.1. The number of rotatable bonds is 3. The van der Waals surface area contributed by atoms with Crippen molar-refractivity contribution in [3.8, 4) is 5.75 Å². The average molecular weight is 249 g/mol. The van der Waals surface area contributed by atoms with Crippen LogP contribution in [0.2, 0.25) is 0 Å². The molecule has 0 radical (unpaired) electrons. The third-order valence-corrected chi connectivity index (χ3v) is 2.61. The van der Waals surface area contributed by atoms with Gasteiger partial charge in [0.1, 0.15) is 12.3 Å². The van der Waals surface area contributed by atoms with E-state index in [0.29, 0.717) is 17.4 Å². The molecular formula is C12H15N3O3. The minimum atomic E-state index is -0.295. The Morgan fingerprint density at radius 3 is 2.72 bits per heavy atom. The van der Waals surface area contributed by atoms with Crippen LogP contribution in [0.4, 0.5) is 0 Å². The molecule has 2 rings (SSSR count). The van der Waals surface area contributed by atoms with Crippen LogP contribution >= 0.6 is 0 Å². The predicted octanol–water partition coefficient (Wildman–Crippen LogP) is 1.42. The van der Waals surface area contributed by atoms with Crippen LogP contribution in [0.3, 0.4) is 0 Å². The predicted molar refractivity (Wildman–Crippen MR) is 64.6 cm³/mol. The van der Waals surface area contributed by atoms with Gasteiger partial charge in [0.25, 0.3) is 5.56 Å². The summed E-state index contributed by atoms with van der Waals surface area (Å²) in [6.45, 7) is 5.88. The lowest BCUT2D eigenvalue weighted by Gasteiger charge is -2.06. The molecule has 0 spiro atoms. The van der Waals surface area contributed by atoms with E-state index < -0.39 is 0 Å². The number of hydrogen-bond acceptors (Lipinski definition) is 5. The first kappa shape index (κ1) is 12.3. The fourth-order valence-electron chi connectivity index (χ4n) is 1.62. The van der Waals surface area contributed by atoms with E-state index in [1.54, 1.807) is 6.92 Å². The Labute approximate surface area is 104 Å². The van der Waals surface area contributed by atoms with Crippen molar-refractivity contribution in [2.75, 3.05) is 0 Å². The van der Waals surface area contributed by atoms with E-state index in [1.807, 2.05) is 13.8 Å². The highest BCUT2D eigenvalue weighted by Gasteiger charge is 2.12. The maximum absolute atomic E-state index is 11.7. The maximum atomic E-state index is 11.7. The number of aryl methyl sites for hydroxylation is 1. The minimum absolute atomic E-state index is 0.0397. The van der Waals surface area contributed by atoms with Crippen LogP contribution in [0.1, 0.15) is 37.2 Å². The molecule has 6 heteroatoms. The number of nitrogens with zero attached hydrogens (tertiary/aromatic N) is 3. The Bertz CT molecular complexity index is 613. The molecule has 2 aromatic rings. The molecule has 0 aromatic carbocycles. The molecule has 0 unspecified atom stereocenters. The fourth-order valence-corrected chi connectivity index (χ4v) is 1.62. The van der Waals surface area contributed by atoms with Gasteiger partial charge in [0.15, 0.2) is 5.82 Å². The molecule has 0 amide bonds. The smallest absolute Gasteiger partial charge is 0.254 e. The van der Waals surface area contributed by atoms with Crippen molar-refractivity contribution in [2.24, 2.45) is 0 Å². The average Bonchev–Trinajstić information content (AvgIpc) is 2.71. The molecule has 0 aliphatic rings. The SMILES string of the molecule is Cc1cc(O)cc(=O)n1Cc1nc(C(C)C)no1. The zero-order valence-electron chi connectivity index (χ0n) is 10.5. The quantitative estimate of drug-likeness (QED) is 0.889. The van der Waals surface area contributed by atoms with Gasteiger partial charge in [-0.1, -0.05) is 19.0 Å². The van der Waals surface area contributed by atoms with E-state index in [4.69, 9.17) is 4.52 Å². The van der Waals surface area contributed by atoms with Gasteiger partial charge in [-0.25, -0.2) is 0 Å². The van der Waals surface area contributed by atoms with Crippen molar-refractivity contribution >= 4 is 0 Å². The molecule has 2 heterocycles. The van der Waals surface area contributed by atoms with Crippen LogP contribution in [0.5, 0.6) is 5.75 Å². The molecule has 0 atom stereocenters. The summed E-state index contributed by atoms with van der Waals surface area (Å²) in [7, 11) is 0. The van der Waals surface area contributed by atoms with Gasteiger partial charge in [0.05, 0.1) is 0 Å². The van der Waals surface area contributed by atoms with Gasteiger partial charge in [-0.2, -0.15) is 4.98 Å². The Balaban J connectivity index is 2.31. The van der Waals surface area contributed by atoms with Gasteiger partial charge in [0.2, 0.25) is 5.89 Å². The maximum Gasteiger partial charge on any atom is 0.254 e. The van der Waals surface area contributed by atoms with E-state index in [-0.39, 0.29) is 23.8 Å². The van der Waals surface area contributed by atoms with Crippen LogP contribution in [0.25, 0.3) is 0 Å². The second-order valence-electron chi connectivity index (χ2n) is 4.48. The van der Waals surface area contributed by atoms with Crippen molar-refractivity contribution in [2.45, 2.75) is 33.2 Å². The largest absolute Gasteiger partial charge is 0.508 e. The Hall–Kier alpha value is -2.11. The Morgan fingerprint density at radius 2 is 2.17 bits per heavy atom. The lowest BCUT2D eigenvalue weighted by Crippen LogP contribution is -2.21. The Kier molecular flexibility index (Phi) is 3.18. The topological polar surface area (TPSA) is 81.1 Å². The van der Waals surface area contributed by atoms with Crippen molar-refractivity contribution < 1.29 is 9.63 Å². The summed E-state index contributed by atoms with van der Waals surface area (Å²) in [6.07, 6.45) is 0. The summed E-state index contributed by atoms with van der Waals surface area (Å²) in [4.78, 5) is 15.9. The van der Waals surface area contributed by atoms with E-state index in [0.717, 1.165) is 6.07 Å². The molecule has 0 saturated carbocycles. The van der Waals surface area contributed by atoms with Crippen molar-refractivity contribution in [1.29, 1.82) is 0 Å². The van der Waals surface area contributed by atoms with Crippen LogP contribution in [-0.2, 0) is 6.54 Å². The van der Waals surface area contributed by atoms with E-state index >= 15 is 0 Å². The molecule has 18 heavy (non-hydrogen) atoms. The van der Waals surface area contributed by atoms with Gasteiger partial charge in [-0.3, -0.25) is 4.79 Å². The second kappa shape index (κ2) is 4.64. The molecule has 6 nitrogen and oxygen atoms in total. The van der Waals surface area contributed by atoms with E-state index in [9.17, 15) is 9.90 Å². The number of aromatic nitrogens is 3. The highest BCUT2D eigenvalue weighted by molar-refractivity contribution is 5.21. The summed E-state index contributed by atoms with van der Waals surface area (Å²) in [5, 5.41) is 13.1. The zero-order valence-corrected chi connectivity index (χ0v) is 10.5. The minimum Gasteiger partial charge on any atom is -0.508 e. The molecule has 0 aliphatic heterocycles. The van der Waals surface area contributed by atoms with Gasteiger partial charge < -0.3 is 14.2 Å². The zero-order chi connectivity index (χ0) is 13.3. The standard InChI is InChI=1S/C12H15N3O3/c1-7(2)12-13-10(18-14-12)6-15-8(3)4-9(16)5-11(15)17/h4-5,7,16H,6H2,1-3H3. The van der Waals surface area contributed by atoms with Crippen LogP contribution in [0.15, 0.2) is 21.5 Å². The van der Waals surface area contributed by atoms with Crippen LogP contribution < -0.4 is 5.56 Å². The molecule has 0 fully saturated rings. The molecule has 0 bridgehead atoms. The second-order valence-corrected chi connectivity index (χ2v) is 4.48. The summed E-state index contributed by atoms with van der Waals surface area (Å²) >= 11 is 0.